The van der Waals surface area contributed by atoms with Gasteiger partial charge in [0.05, 0.1) is 33.2 Å². The van der Waals surface area contributed by atoms with Crippen LogP contribution in [0.3, 0.4) is 0 Å². The second-order valence-corrected chi connectivity index (χ2v) is 16.5. The molecule has 0 fully saturated rings. The Kier molecular flexibility index (Phi) is 14.5. The van der Waals surface area contributed by atoms with Gasteiger partial charge in [-0.2, -0.15) is 0 Å². The Labute approximate surface area is 208 Å². The van der Waals surface area contributed by atoms with E-state index in [4.69, 9.17) is 15.8 Å². The average Bonchev–Trinajstić information content (AvgIpc) is 2.66. The predicted octanol–water partition coefficient (Wildman–Crippen LogP) is 7.50. The van der Waals surface area contributed by atoms with Gasteiger partial charge in [0.15, 0.2) is 0 Å². The molecule has 0 aliphatic heterocycles. The molecule has 0 saturated carbocycles. The van der Waals surface area contributed by atoms with E-state index in [0.29, 0.717) is 22.6 Å². The number of hydrogen-bond donors (Lipinski definition) is 1. The number of hydrogen-bond acceptors (Lipinski definition) is 1. The van der Waals surface area contributed by atoms with E-state index >= 15 is 0 Å². The Hall–Kier alpha value is -0.458. The van der Waals surface area contributed by atoms with Crippen molar-refractivity contribution < 1.29 is 39.7 Å². The molecule has 0 aliphatic carbocycles. The number of halogens is 2. The Bertz CT molecular complexity index is 752. The minimum Gasteiger partial charge on any atom is -0.651 e. The van der Waals surface area contributed by atoms with Crippen molar-refractivity contribution in [2.75, 3.05) is 0 Å². The van der Waals surface area contributed by atoms with Crippen molar-refractivity contribution in [3.8, 4) is 0 Å². The molecule has 1 radical (unpaired) electrons. The van der Waals surface area contributed by atoms with E-state index in [9.17, 15) is 8.78 Å². The molecule has 2 aromatic carbocycles. The number of nitrogens with zero attached hydrogens (tertiary/aromatic N) is 1. The number of rotatable bonds is 8. The zero-order valence-electron chi connectivity index (χ0n) is 20.1. The van der Waals surface area contributed by atoms with E-state index in [2.05, 4.69) is 55.4 Å². The third-order valence-electron chi connectivity index (χ3n) is 5.27. The van der Waals surface area contributed by atoms with Crippen molar-refractivity contribution in [3.05, 3.63) is 53.3 Å². The number of benzene rings is 2. The summed E-state index contributed by atoms with van der Waals surface area (Å²) >= 11 is 0. The molecule has 0 amide bonds. The SMILES string of the molecule is CC(C)[PH+](c1cc(F)ccc1[N-]c1ccc(F)cc1[PH+](C(C)C)C(C)C)C(C)C.[O]O.[Pd]. The molecule has 0 aliphatic rings. The van der Waals surface area contributed by atoms with Gasteiger partial charge in [-0.1, -0.05) is 23.5 Å². The van der Waals surface area contributed by atoms with Crippen LogP contribution in [0.15, 0.2) is 36.4 Å². The molecular formula is C24H37F2NO2P2Pd+. The van der Waals surface area contributed by atoms with E-state index in [0.717, 1.165) is 22.0 Å². The van der Waals surface area contributed by atoms with E-state index in [1.807, 2.05) is 0 Å². The van der Waals surface area contributed by atoms with Crippen molar-refractivity contribution in [2.24, 2.45) is 0 Å². The average molecular weight is 578 g/mol. The molecule has 0 atom stereocenters. The van der Waals surface area contributed by atoms with Gasteiger partial charge in [-0.25, -0.2) is 14.0 Å². The third-order valence-corrected chi connectivity index (χ3v) is 12.3. The summed E-state index contributed by atoms with van der Waals surface area (Å²) in [4.78, 5) is 0. The van der Waals surface area contributed by atoms with Crippen molar-refractivity contribution in [1.29, 1.82) is 0 Å². The zero-order valence-corrected chi connectivity index (χ0v) is 23.7. The van der Waals surface area contributed by atoms with E-state index in [1.165, 1.54) is 12.1 Å². The van der Waals surface area contributed by atoms with E-state index in [-0.39, 0.29) is 32.1 Å². The van der Waals surface area contributed by atoms with Crippen LogP contribution in [0.1, 0.15) is 55.4 Å². The van der Waals surface area contributed by atoms with Gasteiger partial charge >= 0.3 is 0 Å². The fourth-order valence-corrected chi connectivity index (χ4v) is 11.0. The molecule has 2 rings (SSSR count). The predicted molar refractivity (Wildman–Crippen MR) is 135 cm³/mol. The smallest absolute Gasteiger partial charge is 0.127 e. The first-order chi connectivity index (χ1) is 14.5. The Morgan fingerprint density at radius 3 is 1.19 bits per heavy atom. The van der Waals surface area contributed by atoms with Crippen LogP contribution in [-0.2, 0) is 25.7 Å². The van der Waals surface area contributed by atoms with Crippen molar-refractivity contribution in [3.63, 3.8) is 0 Å². The molecule has 1 N–H and O–H groups in total. The van der Waals surface area contributed by atoms with Crippen LogP contribution in [0.5, 0.6) is 0 Å². The Morgan fingerprint density at radius 2 is 0.938 bits per heavy atom. The Balaban J connectivity index is 0.00000311. The maximum absolute atomic E-state index is 14.2. The first-order valence-electron chi connectivity index (χ1n) is 10.8. The summed E-state index contributed by atoms with van der Waals surface area (Å²) in [6.07, 6.45) is 0. The van der Waals surface area contributed by atoms with E-state index in [1.54, 1.807) is 24.3 Å². The van der Waals surface area contributed by atoms with E-state index < -0.39 is 15.8 Å². The van der Waals surface area contributed by atoms with Gasteiger partial charge in [0.25, 0.3) is 0 Å². The fourth-order valence-electron chi connectivity index (χ4n) is 4.38. The summed E-state index contributed by atoms with van der Waals surface area (Å²) in [5.74, 6) is -0.424. The first-order valence-corrected chi connectivity index (χ1v) is 14.1. The van der Waals surface area contributed by atoms with Crippen LogP contribution in [0, 0.1) is 11.6 Å². The molecule has 0 aromatic heterocycles. The molecule has 32 heavy (non-hydrogen) atoms. The minimum atomic E-state index is -1.000. The van der Waals surface area contributed by atoms with Crippen molar-refractivity contribution in [1.82, 2.24) is 0 Å². The second-order valence-electron chi connectivity index (χ2n) is 8.96. The van der Waals surface area contributed by atoms with Gasteiger partial charge in [-0.15, -0.1) is 0 Å². The van der Waals surface area contributed by atoms with Crippen molar-refractivity contribution >= 4 is 37.8 Å². The topological polar surface area (TPSA) is 54.2 Å². The van der Waals surface area contributed by atoms with Crippen LogP contribution in [0.25, 0.3) is 5.32 Å². The van der Waals surface area contributed by atoms with Gasteiger partial charge in [0.2, 0.25) is 0 Å². The molecule has 183 valence electrons. The summed E-state index contributed by atoms with van der Waals surface area (Å²) in [6, 6.07) is 9.92. The van der Waals surface area contributed by atoms with Gasteiger partial charge in [-0.3, -0.25) is 0 Å². The standard InChI is InChI=1S/C24H34F2NP2.HO2.Pd/c1-15(2)28(16(3)4)23-13-19(25)9-11-21(23)27-22-12-10-20(26)14-24(22)29(17(5)6)18(7)8;1-2;/h9-18H,1-8H3;1H;/q-1;;/p+2. The molecule has 8 heteroatoms. The summed E-state index contributed by atoms with van der Waals surface area (Å²) in [5.41, 5.74) is 3.54. The molecule has 0 unspecified atom stereocenters. The molecule has 3 nitrogen and oxygen atoms in total. The summed E-state index contributed by atoms with van der Waals surface area (Å²) in [5, 5.41) is 20.1. The maximum atomic E-state index is 14.2. The largest absolute Gasteiger partial charge is 0.651 e. The molecular weight excluding hydrogens is 541 g/mol. The van der Waals surface area contributed by atoms with Crippen LogP contribution in [0.4, 0.5) is 20.2 Å². The zero-order chi connectivity index (χ0) is 23.9. The quantitative estimate of drug-likeness (QED) is 0.150. The Morgan fingerprint density at radius 1 is 0.656 bits per heavy atom. The normalized spacial score (nSPS) is 11.3. The monoisotopic (exact) mass is 577 g/mol. The molecule has 0 saturated heterocycles. The summed E-state index contributed by atoms with van der Waals surface area (Å²) in [6.45, 7) is 17.7. The molecule has 2 aromatic rings. The molecule has 0 spiro atoms. The minimum absolute atomic E-state index is 0. The maximum Gasteiger partial charge on any atom is 0.127 e. The van der Waals surface area contributed by atoms with Crippen LogP contribution >= 0.6 is 15.8 Å². The first kappa shape index (κ1) is 31.5. The summed E-state index contributed by atoms with van der Waals surface area (Å²) in [7, 11) is -2.00. The van der Waals surface area contributed by atoms with Gasteiger partial charge in [0.1, 0.15) is 11.6 Å². The van der Waals surface area contributed by atoms with Gasteiger partial charge < -0.3 is 5.32 Å². The second kappa shape index (κ2) is 14.7. The van der Waals surface area contributed by atoms with Crippen molar-refractivity contribution in [2.45, 2.75) is 78.0 Å². The van der Waals surface area contributed by atoms with Gasteiger partial charge in [-0.05, 0) is 72.8 Å². The molecule has 0 heterocycles. The third kappa shape index (κ3) is 8.40. The van der Waals surface area contributed by atoms with Gasteiger partial charge in [0, 0.05) is 48.4 Å². The van der Waals surface area contributed by atoms with Crippen LogP contribution in [-0.4, -0.2) is 27.9 Å². The van der Waals surface area contributed by atoms with Crippen LogP contribution < -0.4 is 10.6 Å². The van der Waals surface area contributed by atoms with Crippen LogP contribution in [0.2, 0.25) is 0 Å². The molecule has 0 bridgehead atoms. The fraction of sp³-hybridized carbons (Fsp3) is 0.500. The summed E-state index contributed by atoms with van der Waals surface area (Å²) < 4.78 is 28.4.